The minimum absolute atomic E-state index is 0.0491. The molecule has 23 heavy (non-hydrogen) atoms. The Balaban J connectivity index is 1.47. The third kappa shape index (κ3) is 4.10. The Bertz CT molecular complexity index is 642. The Labute approximate surface area is 135 Å². The van der Waals surface area contributed by atoms with E-state index in [4.69, 9.17) is 9.15 Å². The number of amides is 2. The van der Waals surface area contributed by atoms with Gasteiger partial charge >= 0.3 is 6.03 Å². The summed E-state index contributed by atoms with van der Waals surface area (Å²) >= 11 is 0. The number of aromatic nitrogens is 1. The summed E-state index contributed by atoms with van der Waals surface area (Å²) in [6, 6.07) is 9.71. The zero-order valence-corrected chi connectivity index (χ0v) is 13.2. The normalized spacial score (nSPS) is 18.0. The van der Waals surface area contributed by atoms with Crippen molar-refractivity contribution in [3.05, 3.63) is 42.3 Å². The van der Waals surface area contributed by atoms with Crippen molar-refractivity contribution in [2.45, 2.75) is 19.4 Å². The van der Waals surface area contributed by atoms with Gasteiger partial charge in [-0.2, -0.15) is 0 Å². The number of urea groups is 1. The molecule has 0 unspecified atom stereocenters. The van der Waals surface area contributed by atoms with Gasteiger partial charge in [-0.3, -0.25) is 0 Å². The van der Waals surface area contributed by atoms with Crippen LogP contribution in [0.2, 0.25) is 0 Å². The Morgan fingerprint density at radius 2 is 2.22 bits per heavy atom. The quantitative estimate of drug-likeness (QED) is 0.940. The molecule has 1 saturated heterocycles. The summed E-state index contributed by atoms with van der Waals surface area (Å²) in [5.41, 5.74) is 1.78. The van der Waals surface area contributed by atoms with Crippen molar-refractivity contribution in [1.29, 1.82) is 0 Å². The Morgan fingerprint density at radius 1 is 1.39 bits per heavy atom. The van der Waals surface area contributed by atoms with Crippen molar-refractivity contribution >= 4 is 6.03 Å². The van der Waals surface area contributed by atoms with Crippen LogP contribution in [-0.2, 0) is 11.2 Å². The maximum Gasteiger partial charge on any atom is 0.317 e. The topological polar surface area (TPSA) is 67.6 Å². The van der Waals surface area contributed by atoms with Gasteiger partial charge in [0.25, 0.3) is 0 Å². The van der Waals surface area contributed by atoms with Crippen LogP contribution in [0.25, 0.3) is 11.5 Å². The molecule has 1 aliphatic rings. The van der Waals surface area contributed by atoms with E-state index in [1.807, 2.05) is 37.3 Å². The summed E-state index contributed by atoms with van der Waals surface area (Å²) in [7, 11) is 0. The number of rotatable bonds is 4. The van der Waals surface area contributed by atoms with Gasteiger partial charge in [-0.25, -0.2) is 9.78 Å². The van der Waals surface area contributed by atoms with Crippen LogP contribution in [0.15, 0.2) is 41.0 Å². The highest BCUT2D eigenvalue weighted by Gasteiger charge is 2.20. The largest absolute Gasteiger partial charge is 0.444 e. The molecule has 0 saturated carbocycles. The standard InChI is InChI=1S/C17H21N3O3/c1-13-11-20(9-10-22-13)17(21)18-8-7-15-12-23-16(19-15)14-5-3-2-4-6-14/h2-6,12-13H,7-11H2,1H3,(H,18,21)/t13-/m1/s1. The van der Waals surface area contributed by atoms with Crippen molar-refractivity contribution in [2.75, 3.05) is 26.2 Å². The molecule has 1 fully saturated rings. The molecule has 1 aromatic carbocycles. The lowest BCUT2D eigenvalue weighted by molar-refractivity contribution is -0.00343. The third-order valence-electron chi connectivity index (χ3n) is 3.76. The molecule has 6 nitrogen and oxygen atoms in total. The van der Waals surface area contributed by atoms with E-state index < -0.39 is 0 Å². The molecule has 1 atom stereocenters. The number of carbonyl (C=O) groups excluding carboxylic acids is 1. The summed E-state index contributed by atoms with van der Waals surface area (Å²) in [6.45, 7) is 4.37. The van der Waals surface area contributed by atoms with Crippen LogP contribution in [0, 0.1) is 0 Å². The van der Waals surface area contributed by atoms with Gasteiger partial charge in [0, 0.05) is 31.6 Å². The number of hydrogen-bond donors (Lipinski definition) is 1. The number of hydrogen-bond acceptors (Lipinski definition) is 4. The van der Waals surface area contributed by atoms with Gasteiger partial charge in [0.05, 0.1) is 18.4 Å². The van der Waals surface area contributed by atoms with E-state index >= 15 is 0 Å². The lowest BCUT2D eigenvalue weighted by Crippen LogP contribution is -2.49. The molecule has 1 aromatic heterocycles. The molecular formula is C17H21N3O3. The molecule has 2 heterocycles. The SMILES string of the molecule is C[C@@H]1CN(C(=O)NCCc2coc(-c3ccccc3)n2)CCO1. The molecule has 2 amide bonds. The molecule has 2 aromatic rings. The van der Waals surface area contributed by atoms with E-state index in [1.54, 1.807) is 11.2 Å². The first-order valence-corrected chi connectivity index (χ1v) is 7.86. The molecule has 1 aliphatic heterocycles. The summed E-state index contributed by atoms with van der Waals surface area (Å²) in [6.07, 6.45) is 2.38. The van der Waals surface area contributed by atoms with Gasteiger partial charge in [0.2, 0.25) is 5.89 Å². The summed E-state index contributed by atoms with van der Waals surface area (Å²) in [5, 5.41) is 2.92. The highest BCUT2D eigenvalue weighted by atomic mass is 16.5. The number of oxazole rings is 1. The Kier molecular flexibility index (Phi) is 4.92. The zero-order valence-electron chi connectivity index (χ0n) is 13.2. The first-order valence-electron chi connectivity index (χ1n) is 7.86. The average Bonchev–Trinajstić information content (AvgIpc) is 3.04. The maximum absolute atomic E-state index is 12.1. The average molecular weight is 315 g/mol. The number of carbonyl (C=O) groups is 1. The predicted octanol–water partition coefficient (Wildman–Crippen LogP) is 2.31. The number of benzene rings is 1. The molecule has 0 spiro atoms. The second-order valence-electron chi connectivity index (χ2n) is 5.62. The van der Waals surface area contributed by atoms with E-state index in [0.717, 1.165) is 11.3 Å². The predicted molar refractivity (Wildman–Crippen MR) is 86.0 cm³/mol. The van der Waals surface area contributed by atoms with Crippen molar-refractivity contribution in [1.82, 2.24) is 15.2 Å². The fourth-order valence-corrected chi connectivity index (χ4v) is 2.55. The van der Waals surface area contributed by atoms with Gasteiger partial charge in [-0.15, -0.1) is 0 Å². The van der Waals surface area contributed by atoms with Crippen LogP contribution < -0.4 is 5.32 Å². The molecule has 1 N–H and O–H groups in total. The van der Waals surface area contributed by atoms with Gasteiger partial charge in [0.15, 0.2) is 0 Å². The van der Waals surface area contributed by atoms with Crippen molar-refractivity contribution in [3.63, 3.8) is 0 Å². The number of nitrogens with zero attached hydrogens (tertiary/aromatic N) is 2. The molecular weight excluding hydrogens is 294 g/mol. The summed E-state index contributed by atoms with van der Waals surface area (Å²) < 4.78 is 10.9. The van der Waals surface area contributed by atoms with Crippen LogP contribution in [0.3, 0.4) is 0 Å². The molecule has 0 bridgehead atoms. The molecule has 0 radical (unpaired) electrons. The number of nitrogens with one attached hydrogen (secondary N) is 1. The van der Waals surface area contributed by atoms with E-state index in [0.29, 0.717) is 38.6 Å². The van der Waals surface area contributed by atoms with E-state index in [1.165, 1.54) is 0 Å². The lowest BCUT2D eigenvalue weighted by Gasteiger charge is -2.31. The Hall–Kier alpha value is -2.34. The van der Waals surface area contributed by atoms with Crippen LogP contribution in [0.5, 0.6) is 0 Å². The fraction of sp³-hybridized carbons (Fsp3) is 0.412. The number of morpholine rings is 1. The van der Waals surface area contributed by atoms with Crippen molar-refractivity contribution in [2.24, 2.45) is 0 Å². The first-order chi connectivity index (χ1) is 11.2. The molecule has 0 aliphatic carbocycles. The van der Waals surface area contributed by atoms with Crippen molar-refractivity contribution in [3.8, 4) is 11.5 Å². The molecule has 3 rings (SSSR count). The van der Waals surface area contributed by atoms with Gasteiger partial charge in [-0.1, -0.05) is 18.2 Å². The fourth-order valence-electron chi connectivity index (χ4n) is 2.55. The van der Waals surface area contributed by atoms with E-state index in [9.17, 15) is 4.79 Å². The third-order valence-corrected chi connectivity index (χ3v) is 3.76. The Morgan fingerprint density at radius 3 is 3.00 bits per heavy atom. The minimum atomic E-state index is -0.0491. The van der Waals surface area contributed by atoms with E-state index in [-0.39, 0.29) is 12.1 Å². The van der Waals surface area contributed by atoms with Crippen molar-refractivity contribution < 1.29 is 13.9 Å². The maximum atomic E-state index is 12.1. The number of ether oxygens (including phenoxy) is 1. The first kappa shape index (κ1) is 15.6. The second kappa shape index (κ2) is 7.28. The van der Waals surface area contributed by atoms with Crippen LogP contribution in [0.4, 0.5) is 4.79 Å². The minimum Gasteiger partial charge on any atom is -0.444 e. The summed E-state index contributed by atoms with van der Waals surface area (Å²) in [5.74, 6) is 0.605. The van der Waals surface area contributed by atoms with Gasteiger partial charge in [-0.05, 0) is 19.1 Å². The second-order valence-corrected chi connectivity index (χ2v) is 5.62. The monoisotopic (exact) mass is 315 g/mol. The van der Waals surface area contributed by atoms with Gasteiger partial charge in [0.1, 0.15) is 6.26 Å². The molecule has 122 valence electrons. The lowest BCUT2D eigenvalue weighted by atomic mass is 10.2. The zero-order chi connectivity index (χ0) is 16.1. The van der Waals surface area contributed by atoms with Gasteiger partial charge < -0.3 is 19.4 Å². The summed E-state index contributed by atoms with van der Waals surface area (Å²) in [4.78, 5) is 18.3. The van der Waals surface area contributed by atoms with Crippen LogP contribution >= 0.6 is 0 Å². The van der Waals surface area contributed by atoms with E-state index in [2.05, 4.69) is 10.3 Å². The van der Waals surface area contributed by atoms with Crippen LogP contribution in [0.1, 0.15) is 12.6 Å². The van der Waals surface area contributed by atoms with Crippen LogP contribution in [-0.4, -0.2) is 48.3 Å². The highest BCUT2D eigenvalue weighted by molar-refractivity contribution is 5.74. The molecule has 6 heteroatoms. The highest BCUT2D eigenvalue weighted by Crippen LogP contribution is 2.17. The smallest absolute Gasteiger partial charge is 0.317 e.